The number of benzene rings is 2. The third kappa shape index (κ3) is 4.84. The second-order valence-corrected chi connectivity index (χ2v) is 6.96. The van der Waals surface area contributed by atoms with Crippen LogP contribution in [0.5, 0.6) is 23.0 Å². The van der Waals surface area contributed by atoms with Crippen LogP contribution in [0.25, 0.3) is 0 Å². The van der Waals surface area contributed by atoms with Crippen molar-refractivity contribution >= 4 is 11.8 Å². The Morgan fingerprint density at radius 1 is 0.774 bits per heavy atom. The average Bonchev–Trinajstić information content (AvgIpc) is 2.82. The molecule has 0 unspecified atom stereocenters. The Balaban J connectivity index is 1.66. The van der Waals surface area contributed by atoms with Gasteiger partial charge in [0.1, 0.15) is 5.75 Å². The molecule has 3 rings (SSSR count). The maximum atomic E-state index is 13.0. The fourth-order valence-electron chi connectivity index (χ4n) is 3.54. The first-order valence-corrected chi connectivity index (χ1v) is 10.1. The molecule has 8 nitrogen and oxygen atoms in total. The quantitative estimate of drug-likeness (QED) is 0.675. The maximum absolute atomic E-state index is 13.0. The first-order chi connectivity index (χ1) is 15.0. The lowest BCUT2D eigenvalue weighted by Crippen LogP contribution is -2.50. The van der Waals surface area contributed by atoms with Gasteiger partial charge in [-0.15, -0.1) is 0 Å². The van der Waals surface area contributed by atoms with Crippen LogP contribution in [0.1, 0.15) is 27.6 Å². The number of piperazine rings is 1. The van der Waals surface area contributed by atoms with Crippen molar-refractivity contribution in [2.75, 3.05) is 54.1 Å². The summed E-state index contributed by atoms with van der Waals surface area (Å²) in [5.41, 5.74) is 1.05. The van der Waals surface area contributed by atoms with Crippen molar-refractivity contribution in [3.8, 4) is 23.0 Å². The Morgan fingerprint density at radius 3 is 1.68 bits per heavy atom. The normalized spacial score (nSPS) is 13.5. The molecule has 0 bridgehead atoms. The molecule has 0 radical (unpaired) electrons. The highest BCUT2D eigenvalue weighted by Crippen LogP contribution is 2.38. The zero-order chi connectivity index (χ0) is 22.4. The zero-order valence-electron chi connectivity index (χ0n) is 18.3. The molecule has 0 aromatic heterocycles. The smallest absolute Gasteiger partial charge is 0.254 e. The molecule has 31 heavy (non-hydrogen) atoms. The fourth-order valence-corrected chi connectivity index (χ4v) is 3.54. The van der Waals surface area contributed by atoms with E-state index in [9.17, 15) is 9.59 Å². The summed E-state index contributed by atoms with van der Waals surface area (Å²) in [5, 5.41) is 0. The number of hydrogen-bond donors (Lipinski definition) is 0. The average molecular weight is 428 g/mol. The van der Waals surface area contributed by atoms with Crippen molar-refractivity contribution in [2.45, 2.75) is 6.92 Å². The molecule has 1 fully saturated rings. The molecular formula is C23H28N2O6. The van der Waals surface area contributed by atoms with E-state index in [0.717, 1.165) is 5.75 Å². The minimum absolute atomic E-state index is 0.0528. The molecular weight excluding hydrogens is 400 g/mol. The number of amides is 2. The van der Waals surface area contributed by atoms with Crippen LogP contribution in [0.2, 0.25) is 0 Å². The van der Waals surface area contributed by atoms with Gasteiger partial charge in [0, 0.05) is 37.3 Å². The molecule has 2 aromatic rings. The van der Waals surface area contributed by atoms with Crippen LogP contribution >= 0.6 is 0 Å². The number of carbonyl (C=O) groups is 2. The SMILES string of the molecule is CCOc1ccc(C(=O)N2CCN(C(=O)c3cc(OC)c(OC)c(OC)c3)CC2)cc1. The van der Waals surface area contributed by atoms with Gasteiger partial charge in [-0.3, -0.25) is 9.59 Å². The summed E-state index contributed by atoms with van der Waals surface area (Å²) in [4.78, 5) is 29.3. The Labute approximate surface area is 182 Å². The van der Waals surface area contributed by atoms with E-state index in [0.29, 0.717) is 61.2 Å². The molecule has 0 spiro atoms. The highest BCUT2D eigenvalue weighted by atomic mass is 16.5. The van der Waals surface area contributed by atoms with E-state index in [1.165, 1.54) is 21.3 Å². The number of ether oxygens (including phenoxy) is 4. The number of rotatable bonds is 7. The number of nitrogens with zero attached hydrogens (tertiary/aromatic N) is 2. The third-order valence-electron chi connectivity index (χ3n) is 5.18. The first kappa shape index (κ1) is 22.3. The van der Waals surface area contributed by atoms with Crippen LogP contribution < -0.4 is 18.9 Å². The van der Waals surface area contributed by atoms with Crippen molar-refractivity contribution < 1.29 is 28.5 Å². The van der Waals surface area contributed by atoms with Crippen LogP contribution in [0.4, 0.5) is 0 Å². The monoisotopic (exact) mass is 428 g/mol. The second-order valence-electron chi connectivity index (χ2n) is 6.96. The standard InChI is InChI=1S/C23H28N2O6/c1-5-31-18-8-6-16(7-9-18)22(26)24-10-12-25(13-11-24)23(27)17-14-19(28-2)21(30-4)20(15-17)29-3/h6-9,14-15H,5,10-13H2,1-4H3. The molecule has 0 N–H and O–H groups in total. The molecule has 2 aromatic carbocycles. The Bertz CT molecular complexity index is 895. The molecule has 0 saturated carbocycles. The highest BCUT2D eigenvalue weighted by molar-refractivity contribution is 5.97. The van der Waals surface area contributed by atoms with Gasteiger partial charge in [0.2, 0.25) is 5.75 Å². The van der Waals surface area contributed by atoms with Crippen LogP contribution in [0.15, 0.2) is 36.4 Å². The Morgan fingerprint density at radius 2 is 1.26 bits per heavy atom. The van der Waals surface area contributed by atoms with E-state index in [1.807, 2.05) is 6.92 Å². The van der Waals surface area contributed by atoms with Gasteiger partial charge in [-0.05, 0) is 43.3 Å². The zero-order valence-corrected chi connectivity index (χ0v) is 18.3. The summed E-state index contributed by atoms with van der Waals surface area (Å²) in [7, 11) is 4.54. The molecule has 2 amide bonds. The largest absolute Gasteiger partial charge is 0.494 e. The van der Waals surface area contributed by atoms with Crippen LogP contribution in [-0.2, 0) is 0 Å². The van der Waals surface area contributed by atoms with Gasteiger partial charge in [0.25, 0.3) is 11.8 Å². The molecule has 8 heteroatoms. The summed E-state index contributed by atoms with van der Waals surface area (Å²) in [6.45, 7) is 4.30. The van der Waals surface area contributed by atoms with E-state index >= 15 is 0 Å². The summed E-state index contributed by atoms with van der Waals surface area (Å²) in [6.07, 6.45) is 0. The Hall–Kier alpha value is -3.42. The van der Waals surface area contributed by atoms with Crippen molar-refractivity contribution in [1.82, 2.24) is 9.80 Å². The number of methoxy groups -OCH3 is 3. The van der Waals surface area contributed by atoms with E-state index in [1.54, 1.807) is 46.2 Å². The van der Waals surface area contributed by atoms with E-state index in [2.05, 4.69) is 0 Å². The topological polar surface area (TPSA) is 77.5 Å². The lowest BCUT2D eigenvalue weighted by molar-refractivity contribution is 0.0535. The lowest BCUT2D eigenvalue weighted by Gasteiger charge is -2.35. The number of carbonyl (C=O) groups excluding carboxylic acids is 2. The summed E-state index contributed by atoms with van der Waals surface area (Å²) in [5.74, 6) is 1.83. The lowest BCUT2D eigenvalue weighted by atomic mass is 10.1. The van der Waals surface area contributed by atoms with Gasteiger partial charge in [0.05, 0.1) is 27.9 Å². The van der Waals surface area contributed by atoms with Gasteiger partial charge < -0.3 is 28.7 Å². The van der Waals surface area contributed by atoms with Gasteiger partial charge in [-0.25, -0.2) is 0 Å². The molecule has 1 heterocycles. The predicted molar refractivity (Wildman–Crippen MR) is 116 cm³/mol. The van der Waals surface area contributed by atoms with E-state index < -0.39 is 0 Å². The fraction of sp³-hybridized carbons (Fsp3) is 0.391. The van der Waals surface area contributed by atoms with Crippen LogP contribution in [-0.4, -0.2) is 75.7 Å². The summed E-state index contributed by atoms with van der Waals surface area (Å²) in [6, 6.07) is 10.4. The predicted octanol–water partition coefficient (Wildman–Crippen LogP) is 2.71. The second kappa shape index (κ2) is 10.1. The molecule has 1 aliphatic heterocycles. The maximum Gasteiger partial charge on any atom is 0.254 e. The molecule has 166 valence electrons. The van der Waals surface area contributed by atoms with Crippen molar-refractivity contribution in [3.63, 3.8) is 0 Å². The van der Waals surface area contributed by atoms with Crippen molar-refractivity contribution in [3.05, 3.63) is 47.5 Å². The third-order valence-corrected chi connectivity index (χ3v) is 5.18. The van der Waals surface area contributed by atoms with E-state index in [-0.39, 0.29) is 11.8 Å². The summed E-state index contributed by atoms with van der Waals surface area (Å²) >= 11 is 0. The van der Waals surface area contributed by atoms with Crippen LogP contribution in [0.3, 0.4) is 0 Å². The number of hydrogen-bond acceptors (Lipinski definition) is 6. The first-order valence-electron chi connectivity index (χ1n) is 10.1. The molecule has 0 atom stereocenters. The minimum atomic E-state index is -0.146. The van der Waals surface area contributed by atoms with Gasteiger partial charge in [0.15, 0.2) is 11.5 Å². The van der Waals surface area contributed by atoms with Crippen LogP contribution in [0, 0.1) is 0 Å². The van der Waals surface area contributed by atoms with E-state index in [4.69, 9.17) is 18.9 Å². The summed E-state index contributed by atoms with van der Waals surface area (Å²) < 4.78 is 21.4. The highest BCUT2D eigenvalue weighted by Gasteiger charge is 2.27. The van der Waals surface area contributed by atoms with Gasteiger partial charge in [-0.1, -0.05) is 0 Å². The molecule has 1 saturated heterocycles. The van der Waals surface area contributed by atoms with Gasteiger partial charge >= 0.3 is 0 Å². The van der Waals surface area contributed by atoms with Crippen molar-refractivity contribution in [1.29, 1.82) is 0 Å². The molecule has 1 aliphatic rings. The van der Waals surface area contributed by atoms with Gasteiger partial charge in [-0.2, -0.15) is 0 Å². The minimum Gasteiger partial charge on any atom is -0.494 e. The Kier molecular flexibility index (Phi) is 7.23. The van der Waals surface area contributed by atoms with Crippen molar-refractivity contribution in [2.24, 2.45) is 0 Å². The molecule has 0 aliphatic carbocycles.